The van der Waals surface area contributed by atoms with Gasteiger partial charge >= 0.3 is 0 Å². The number of anilines is 1. The van der Waals surface area contributed by atoms with Gasteiger partial charge in [0.25, 0.3) is 0 Å². The molecule has 6 heteroatoms. The van der Waals surface area contributed by atoms with Crippen molar-refractivity contribution >= 4 is 23.3 Å². The Bertz CT molecular complexity index is 437. The lowest BCUT2D eigenvalue weighted by Crippen LogP contribution is -2.49. The van der Waals surface area contributed by atoms with Crippen LogP contribution in [0.25, 0.3) is 0 Å². The molecule has 0 spiro atoms. The Labute approximate surface area is 105 Å². The quantitative estimate of drug-likeness (QED) is 0.812. The Morgan fingerprint density at radius 2 is 2.47 bits per heavy atom. The highest BCUT2D eigenvalue weighted by molar-refractivity contribution is 6.33. The van der Waals surface area contributed by atoms with Gasteiger partial charge in [0.15, 0.2) is 0 Å². The zero-order valence-electron chi connectivity index (χ0n) is 9.61. The molecular formula is C11H15ClN4O. The minimum Gasteiger partial charge on any atom is -0.366 e. The van der Waals surface area contributed by atoms with Gasteiger partial charge in [0.05, 0.1) is 10.6 Å². The number of nitrogens with zero attached hydrogens (tertiary/aromatic N) is 2. The second-order valence-electron chi connectivity index (χ2n) is 4.19. The molecule has 1 amide bonds. The number of nitrogens with one attached hydrogen (secondary N) is 1. The van der Waals surface area contributed by atoms with Crippen LogP contribution in [0, 0.1) is 0 Å². The summed E-state index contributed by atoms with van der Waals surface area (Å²) in [5.41, 5.74) is 5.51. The Hall–Kier alpha value is -1.33. The number of carbonyl (C=O) groups is 1. The van der Waals surface area contributed by atoms with Crippen molar-refractivity contribution in [2.24, 2.45) is 5.73 Å². The van der Waals surface area contributed by atoms with Crippen molar-refractivity contribution in [3.8, 4) is 0 Å². The van der Waals surface area contributed by atoms with Crippen molar-refractivity contribution in [3.05, 3.63) is 22.8 Å². The second-order valence-corrected chi connectivity index (χ2v) is 4.60. The molecule has 1 aromatic rings. The number of hydrogen-bond acceptors (Lipinski definition) is 4. The summed E-state index contributed by atoms with van der Waals surface area (Å²) in [6, 6.07) is 1.97. The number of amides is 1. The Balaban J connectivity index is 2.23. The van der Waals surface area contributed by atoms with Crippen LogP contribution in [0.5, 0.6) is 0 Å². The Morgan fingerprint density at radius 3 is 3.06 bits per heavy atom. The van der Waals surface area contributed by atoms with Gasteiger partial charge in [0, 0.05) is 31.9 Å². The van der Waals surface area contributed by atoms with Gasteiger partial charge in [-0.3, -0.25) is 4.79 Å². The highest BCUT2D eigenvalue weighted by atomic mass is 35.5. The highest BCUT2D eigenvalue weighted by Gasteiger charge is 2.19. The molecule has 1 saturated heterocycles. The maximum absolute atomic E-state index is 11.0. The average Bonchev–Trinajstić information content (AvgIpc) is 2.28. The largest absolute Gasteiger partial charge is 0.366 e. The van der Waals surface area contributed by atoms with E-state index in [9.17, 15) is 4.79 Å². The van der Waals surface area contributed by atoms with Gasteiger partial charge in [-0.1, -0.05) is 11.6 Å². The molecule has 0 saturated carbocycles. The van der Waals surface area contributed by atoms with E-state index in [0.29, 0.717) is 22.4 Å². The average molecular weight is 255 g/mol. The van der Waals surface area contributed by atoms with Gasteiger partial charge in [0.1, 0.15) is 5.82 Å². The van der Waals surface area contributed by atoms with Gasteiger partial charge in [-0.05, 0) is 13.0 Å². The molecule has 1 aliphatic rings. The van der Waals surface area contributed by atoms with E-state index in [2.05, 4.69) is 22.1 Å². The fraction of sp³-hybridized carbons (Fsp3) is 0.455. The van der Waals surface area contributed by atoms with Crippen molar-refractivity contribution in [1.82, 2.24) is 10.3 Å². The number of nitrogens with two attached hydrogens (primary N) is 1. The first-order chi connectivity index (χ1) is 8.08. The van der Waals surface area contributed by atoms with E-state index in [1.807, 2.05) is 0 Å². The number of hydrogen-bond donors (Lipinski definition) is 2. The van der Waals surface area contributed by atoms with Crippen LogP contribution in [0.1, 0.15) is 17.3 Å². The summed E-state index contributed by atoms with van der Waals surface area (Å²) in [6.45, 7) is 4.71. The minimum atomic E-state index is -0.514. The molecule has 1 atom stereocenters. The number of piperazine rings is 1. The Morgan fingerprint density at radius 1 is 1.71 bits per heavy atom. The zero-order chi connectivity index (χ0) is 12.4. The molecule has 17 heavy (non-hydrogen) atoms. The van der Waals surface area contributed by atoms with Crippen LogP contribution in [-0.4, -0.2) is 36.6 Å². The molecule has 1 aromatic heterocycles. The van der Waals surface area contributed by atoms with E-state index in [-0.39, 0.29) is 0 Å². The number of carbonyl (C=O) groups excluding carboxylic acids is 1. The van der Waals surface area contributed by atoms with Crippen molar-refractivity contribution in [2.75, 3.05) is 24.5 Å². The third-order valence-corrected chi connectivity index (χ3v) is 3.05. The van der Waals surface area contributed by atoms with Gasteiger partial charge in [-0.25, -0.2) is 4.98 Å². The summed E-state index contributed by atoms with van der Waals surface area (Å²) in [7, 11) is 0. The fourth-order valence-electron chi connectivity index (χ4n) is 1.92. The van der Waals surface area contributed by atoms with Crippen LogP contribution in [0.2, 0.25) is 5.02 Å². The topological polar surface area (TPSA) is 71.2 Å². The van der Waals surface area contributed by atoms with Crippen molar-refractivity contribution in [3.63, 3.8) is 0 Å². The predicted molar refractivity (Wildman–Crippen MR) is 67.4 cm³/mol. The minimum absolute atomic E-state index is 0.335. The van der Waals surface area contributed by atoms with Gasteiger partial charge in [-0.2, -0.15) is 0 Å². The molecule has 2 heterocycles. The highest BCUT2D eigenvalue weighted by Crippen LogP contribution is 2.24. The Kier molecular flexibility index (Phi) is 3.49. The lowest BCUT2D eigenvalue weighted by molar-refractivity contribution is 0.1000. The molecule has 0 bridgehead atoms. The van der Waals surface area contributed by atoms with Crippen LogP contribution in [0.3, 0.4) is 0 Å². The van der Waals surface area contributed by atoms with E-state index in [1.165, 1.54) is 6.20 Å². The molecule has 0 unspecified atom stereocenters. The third kappa shape index (κ3) is 2.68. The number of primary amides is 1. The molecular weight excluding hydrogens is 240 g/mol. The van der Waals surface area contributed by atoms with Crippen LogP contribution >= 0.6 is 11.6 Å². The SMILES string of the molecule is C[C@@H]1CN(c2ncc(C(N)=O)cc2Cl)CCN1. The summed E-state index contributed by atoms with van der Waals surface area (Å²) in [5, 5.41) is 3.81. The summed E-state index contributed by atoms with van der Waals surface area (Å²) >= 11 is 6.12. The molecule has 0 aromatic carbocycles. The maximum atomic E-state index is 11.0. The maximum Gasteiger partial charge on any atom is 0.250 e. The molecule has 1 aliphatic heterocycles. The third-order valence-electron chi connectivity index (χ3n) is 2.77. The van der Waals surface area contributed by atoms with Crippen LogP contribution in [0.4, 0.5) is 5.82 Å². The van der Waals surface area contributed by atoms with Crippen LogP contribution in [0.15, 0.2) is 12.3 Å². The molecule has 1 fully saturated rings. The summed E-state index contributed by atoms with van der Waals surface area (Å²) < 4.78 is 0. The van der Waals surface area contributed by atoms with Crippen molar-refractivity contribution in [1.29, 1.82) is 0 Å². The van der Waals surface area contributed by atoms with E-state index in [0.717, 1.165) is 19.6 Å². The molecule has 2 rings (SSSR count). The van der Waals surface area contributed by atoms with E-state index in [1.54, 1.807) is 6.07 Å². The number of halogens is 1. The summed E-state index contributed by atoms with van der Waals surface area (Å²) in [6.07, 6.45) is 1.47. The lowest BCUT2D eigenvalue weighted by atomic mass is 10.2. The lowest BCUT2D eigenvalue weighted by Gasteiger charge is -2.33. The number of rotatable bonds is 2. The van der Waals surface area contributed by atoms with E-state index < -0.39 is 5.91 Å². The molecule has 5 nitrogen and oxygen atoms in total. The summed E-state index contributed by atoms with van der Waals surface area (Å²) in [4.78, 5) is 17.3. The smallest absolute Gasteiger partial charge is 0.250 e. The number of aromatic nitrogens is 1. The zero-order valence-corrected chi connectivity index (χ0v) is 10.4. The summed E-state index contributed by atoms with van der Waals surface area (Å²) in [5.74, 6) is 0.199. The van der Waals surface area contributed by atoms with Gasteiger partial charge in [-0.15, -0.1) is 0 Å². The monoisotopic (exact) mass is 254 g/mol. The van der Waals surface area contributed by atoms with Crippen LogP contribution < -0.4 is 16.0 Å². The van der Waals surface area contributed by atoms with Gasteiger partial charge in [0.2, 0.25) is 5.91 Å². The molecule has 0 radical (unpaired) electrons. The van der Waals surface area contributed by atoms with Crippen molar-refractivity contribution < 1.29 is 4.79 Å². The normalized spacial score (nSPS) is 20.4. The molecule has 3 N–H and O–H groups in total. The first kappa shape index (κ1) is 12.1. The predicted octanol–water partition coefficient (Wildman–Crippen LogP) is 0.632. The second kappa shape index (κ2) is 4.89. The first-order valence-electron chi connectivity index (χ1n) is 5.51. The standard InChI is InChI=1S/C11H15ClN4O/c1-7-6-16(3-2-14-7)11-9(12)4-8(5-15-11)10(13)17/h4-5,7,14H,2-3,6H2,1H3,(H2,13,17)/t7-/m1/s1. The first-order valence-corrected chi connectivity index (χ1v) is 5.89. The fourth-order valence-corrected chi connectivity index (χ4v) is 2.21. The van der Waals surface area contributed by atoms with E-state index >= 15 is 0 Å². The van der Waals surface area contributed by atoms with Crippen LogP contribution in [-0.2, 0) is 0 Å². The van der Waals surface area contributed by atoms with Crippen molar-refractivity contribution in [2.45, 2.75) is 13.0 Å². The van der Waals surface area contributed by atoms with E-state index in [4.69, 9.17) is 17.3 Å². The number of pyridine rings is 1. The molecule has 0 aliphatic carbocycles. The molecule has 92 valence electrons. The van der Waals surface area contributed by atoms with Gasteiger partial charge < -0.3 is 16.0 Å².